The van der Waals surface area contributed by atoms with E-state index in [4.69, 9.17) is 8.83 Å². The van der Waals surface area contributed by atoms with Gasteiger partial charge in [-0.15, -0.1) is 11.3 Å². The summed E-state index contributed by atoms with van der Waals surface area (Å²) in [6.07, 6.45) is 2.72. The van der Waals surface area contributed by atoms with Crippen molar-refractivity contribution in [1.82, 2.24) is 0 Å². The minimum absolute atomic E-state index is 0.110. The standard InChI is InChI=1S/C14H8O6S/c15-13(16)11-9(7-3-1-5-19-7)10(8-4-2-6-20-8)12(21-11)14(17)18/h1-6H,(H,15,16)(H,17,18)/p-2. The summed E-state index contributed by atoms with van der Waals surface area (Å²) in [6.45, 7) is 0. The molecule has 0 aliphatic rings. The summed E-state index contributed by atoms with van der Waals surface area (Å²) in [5, 5.41) is 22.6. The van der Waals surface area contributed by atoms with E-state index in [1.165, 1.54) is 24.7 Å². The highest BCUT2D eigenvalue weighted by Crippen LogP contribution is 2.43. The van der Waals surface area contributed by atoms with Crippen molar-refractivity contribution in [2.45, 2.75) is 0 Å². The number of carboxylic acid groups (broad SMARTS) is 2. The Morgan fingerprint density at radius 3 is 1.57 bits per heavy atom. The van der Waals surface area contributed by atoms with Crippen LogP contribution in [0.1, 0.15) is 19.3 Å². The maximum absolute atomic E-state index is 11.3. The number of thiophene rings is 1. The molecular formula is C14H6O6S-2. The molecule has 3 aromatic heterocycles. The van der Waals surface area contributed by atoms with E-state index >= 15 is 0 Å². The first kappa shape index (κ1) is 13.2. The van der Waals surface area contributed by atoms with Crippen molar-refractivity contribution in [2.24, 2.45) is 0 Å². The van der Waals surface area contributed by atoms with Gasteiger partial charge in [0.15, 0.2) is 0 Å². The molecule has 21 heavy (non-hydrogen) atoms. The van der Waals surface area contributed by atoms with Crippen LogP contribution in [0.5, 0.6) is 0 Å². The van der Waals surface area contributed by atoms with Gasteiger partial charge >= 0.3 is 0 Å². The van der Waals surface area contributed by atoms with Gasteiger partial charge in [0.1, 0.15) is 11.5 Å². The fourth-order valence-electron chi connectivity index (χ4n) is 2.03. The van der Waals surface area contributed by atoms with Crippen LogP contribution in [0.4, 0.5) is 0 Å². The predicted octanol–water partition coefficient (Wildman–Crippen LogP) is 0.995. The lowest BCUT2D eigenvalue weighted by Crippen LogP contribution is -2.22. The molecule has 0 fully saturated rings. The van der Waals surface area contributed by atoms with Crippen molar-refractivity contribution in [3.63, 3.8) is 0 Å². The second-order valence-electron chi connectivity index (χ2n) is 4.04. The first-order valence-electron chi connectivity index (χ1n) is 5.77. The molecule has 106 valence electrons. The largest absolute Gasteiger partial charge is 0.544 e. The lowest BCUT2D eigenvalue weighted by molar-refractivity contribution is -0.255. The van der Waals surface area contributed by atoms with Gasteiger partial charge < -0.3 is 28.6 Å². The molecule has 7 heteroatoms. The molecule has 0 saturated carbocycles. The maximum atomic E-state index is 11.3. The first-order valence-corrected chi connectivity index (χ1v) is 6.58. The molecule has 0 aromatic carbocycles. The smallest absolute Gasteiger partial charge is 0.136 e. The average molecular weight is 302 g/mol. The number of carbonyl (C=O) groups excluding carboxylic acids is 2. The van der Waals surface area contributed by atoms with Crippen molar-refractivity contribution in [2.75, 3.05) is 0 Å². The molecule has 0 aliphatic heterocycles. The second kappa shape index (κ2) is 4.95. The molecule has 0 saturated heterocycles. The van der Waals surface area contributed by atoms with Crippen LogP contribution in [0.2, 0.25) is 0 Å². The fraction of sp³-hybridized carbons (Fsp3) is 0. The van der Waals surface area contributed by atoms with E-state index in [9.17, 15) is 19.8 Å². The number of hydrogen-bond donors (Lipinski definition) is 0. The Morgan fingerprint density at radius 1 is 0.857 bits per heavy atom. The molecule has 0 N–H and O–H groups in total. The molecule has 0 bridgehead atoms. The predicted molar refractivity (Wildman–Crippen MR) is 68.4 cm³/mol. The monoisotopic (exact) mass is 302 g/mol. The SMILES string of the molecule is O=C([O-])c1sc(C(=O)[O-])c(-c2ccco2)c1-c1ccco1. The lowest BCUT2D eigenvalue weighted by atomic mass is 10.0. The van der Waals surface area contributed by atoms with Crippen LogP contribution >= 0.6 is 11.3 Å². The van der Waals surface area contributed by atoms with Crippen LogP contribution in [-0.2, 0) is 0 Å². The Morgan fingerprint density at radius 2 is 1.29 bits per heavy atom. The van der Waals surface area contributed by atoms with Gasteiger partial charge in [0.2, 0.25) is 0 Å². The second-order valence-corrected chi connectivity index (χ2v) is 5.06. The molecule has 0 atom stereocenters. The van der Waals surface area contributed by atoms with E-state index in [1.54, 1.807) is 12.1 Å². The lowest BCUT2D eigenvalue weighted by Gasteiger charge is -2.05. The van der Waals surface area contributed by atoms with Crippen LogP contribution in [0.3, 0.4) is 0 Å². The molecule has 0 radical (unpaired) electrons. The van der Waals surface area contributed by atoms with Crippen molar-refractivity contribution in [1.29, 1.82) is 0 Å². The minimum Gasteiger partial charge on any atom is -0.544 e. The Balaban J connectivity index is 2.39. The average Bonchev–Trinajstić information content (AvgIpc) is 3.17. The quantitative estimate of drug-likeness (QED) is 0.711. The number of carboxylic acids is 2. The highest BCUT2D eigenvalue weighted by atomic mass is 32.1. The van der Waals surface area contributed by atoms with Gasteiger partial charge in [0.05, 0.1) is 34.2 Å². The van der Waals surface area contributed by atoms with Crippen LogP contribution < -0.4 is 10.2 Å². The van der Waals surface area contributed by atoms with Gasteiger partial charge in [0.25, 0.3) is 0 Å². The number of furan rings is 2. The minimum atomic E-state index is -1.49. The molecule has 3 heterocycles. The third-order valence-corrected chi connectivity index (χ3v) is 3.96. The van der Waals surface area contributed by atoms with Crippen LogP contribution in [0.15, 0.2) is 45.6 Å². The zero-order chi connectivity index (χ0) is 15.0. The van der Waals surface area contributed by atoms with Crippen molar-refractivity contribution in [3.8, 4) is 22.6 Å². The highest BCUT2D eigenvalue weighted by molar-refractivity contribution is 7.17. The summed E-state index contributed by atoms with van der Waals surface area (Å²) in [7, 11) is 0. The summed E-state index contributed by atoms with van der Waals surface area (Å²) < 4.78 is 10.4. The highest BCUT2D eigenvalue weighted by Gasteiger charge is 2.25. The van der Waals surface area contributed by atoms with Gasteiger partial charge in [-0.25, -0.2) is 0 Å². The Bertz CT molecular complexity index is 728. The van der Waals surface area contributed by atoms with Gasteiger partial charge in [-0.05, 0) is 24.3 Å². The fourth-order valence-corrected chi connectivity index (χ4v) is 3.01. The summed E-state index contributed by atoms with van der Waals surface area (Å²) in [4.78, 5) is 22.1. The summed E-state index contributed by atoms with van der Waals surface area (Å²) >= 11 is 0.555. The van der Waals surface area contributed by atoms with Gasteiger partial charge in [-0.2, -0.15) is 0 Å². The van der Waals surface area contributed by atoms with Crippen molar-refractivity contribution in [3.05, 3.63) is 46.5 Å². The van der Waals surface area contributed by atoms with E-state index in [-0.39, 0.29) is 32.4 Å². The summed E-state index contributed by atoms with van der Waals surface area (Å²) in [5.41, 5.74) is 0.221. The first-order chi connectivity index (χ1) is 10.1. The van der Waals surface area contributed by atoms with Crippen molar-refractivity contribution >= 4 is 23.3 Å². The molecule has 6 nitrogen and oxygen atoms in total. The Hall–Kier alpha value is -2.80. The molecule has 0 amide bonds. The Labute approximate surface area is 121 Å². The number of rotatable bonds is 4. The molecule has 3 aromatic rings. The van der Waals surface area contributed by atoms with Gasteiger partial charge in [-0.1, -0.05) is 0 Å². The summed E-state index contributed by atoms with van der Waals surface area (Å²) in [6, 6.07) is 6.19. The molecular weight excluding hydrogens is 296 g/mol. The third-order valence-electron chi connectivity index (χ3n) is 2.81. The maximum Gasteiger partial charge on any atom is 0.136 e. The zero-order valence-corrected chi connectivity index (χ0v) is 11.1. The van der Waals surface area contributed by atoms with Crippen LogP contribution in [0.25, 0.3) is 22.6 Å². The molecule has 3 rings (SSSR count). The molecule has 0 spiro atoms. The molecule has 0 unspecified atom stereocenters. The van der Waals surface area contributed by atoms with Crippen molar-refractivity contribution < 1.29 is 28.6 Å². The number of aromatic carboxylic acids is 2. The van der Waals surface area contributed by atoms with E-state index in [0.29, 0.717) is 11.3 Å². The summed E-state index contributed by atoms with van der Waals surface area (Å²) in [5.74, 6) is -2.56. The van der Waals surface area contributed by atoms with Gasteiger partial charge in [0, 0.05) is 11.1 Å². The van der Waals surface area contributed by atoms with E-state index < -0.39 is 11.9 Å². The number of hydrogen-bond acceptors (Lipinski definition) is 7. The normalized spacial score (nSPS) is 10.7. The zero-order valence-electron chi connectivity index (χ0n) is 10.3. The van der Waals surface area contributed by atoms with Gasteiger partial charge in [-0.3, -0.25) is 0 Å². The third kappa shape index (κ3) is 2.13. The van der Waals surface area contributed by atoms with Crippen LogP contribution in [-0.4, -0.2) is 11.9 Å². The van der Waals surface area contributed by atoms with E-state index in [0.717, 1.165) is 0 Å². The van der Waals surface area contributed by atoms with E-state index in [2.05, 4.69) is 0 Å². The number of carbonyl (C=O) groups is 2. The molecule has 0 aliphatic carbocycles. The Kier molecular flexibility index (Phi) is 3.11. The van der Waals surface area contributed by atoms with E-state index in [1.807, 2.05) is 0 Å². The van der Waals surface area contributed by atoms with Crippen LogP contribution in [0, 0.1) is 0 Å². The topological polar surface area (TPSA) is 107 Å².